The van der Waals surface area contributed by atoms with E-state index < -0.39 is 0 Å². The van der Waals surface area contributed by atoms with Crippen molar-refractivity contribution in [3.05, 3.63) is 241 Å². The molecule has 0 N–H and O–H groups in total. The van der Waals surface area contributed by atoms with Crippen LogP contribution in [-0.2, 0) is 0 Å². The zero-order valence-electron chi connectivity index (χ0n) is 37.4. The zero-order valence-corrected chi connectivity index (χ0v) is 37.4. The summed E-state index contributed by atoms with van der Waals surface area (Å²) in [5.74, 6) is -0.670. The molecule has 0 spiro atoms. The number of hydrogen-bond acceptors (Lipinski definition) is 3. The third-order valence-corrected chi connectivity index (χ3v) is 14.2. The molecule has 0 saturated heterocycles. The molecule has 1 aliphatic rings. The van der Waals surface area contributed by atoms with Gasteiger partial charge in [0.25, 0.3) is 11.8 Å². The number of anilines is 1. The monoisotopic (exact) mass is 895 g/mol. The first-order valence-corrected chi connectivity index (χ1v) is 23.3. The van der Waals surface area contributed by atoms with E-state index in [0.29, 0.717) is 22.4 Å². The number of para-hydroxylation sites is 5. The van der Waals surface area contributed by atoms with Gasteiger partial charge in [0.2, 0.25) is 0 Å². The third-order valence-electron chi connectivity index (χ3n) is 14.2. The van der Waals surface area contributed by atoms with E-state index in [1.54, 1.807) is 24.3 Å². The highest BCUT2D eigenvalue weighted by Crippen LogP contribution is 2.43. The van der Waals surface area contributed by atoms with Crippen molar-refractivity contribution in [2.75, 3.05) is 4.90 Å². The minimum Gasteiger partial charge on any atom is -0.309 e. The second kappa shape index (κ2) is 15.1. The molecule has 0 radical (unpaired) electrons. The van der Waals surface area contributed by atoms with Crippen molar-refractivity contribution in [3.8, 4) is 45.4 Å². The molecule has 0 aliphatic carbocycles. The lowest BCUT2D eigenvalue weighted by molar-refractivity contribution is 0.0926. The van der Waals surface area contributed by atoms with Gasteiger partial charge in [-0.2, -0.15) is 5.26 Å². The van der Waals surface area contributed by atoms with E-state index in [0.717, 1.165) is 94.0 Å². The minimum atomic E-state index is -0.335. The van der Waals surface area contributed by atoms with Crippen molar-refractivity contribution >= 4 is 82.9 Å². The van der Waals surface area contributed by atoms with E-state index in [1.807, 2.05) is 54.6 Å². The fourth-order valence-electron chi connectivity index (χ4n) is 11.0. The van der Waals surface area contributed by atoms with Crippen LogP contribution in [0.4, 0.5) is 5.69 Å². The summed E-state index contributed by atoms with van der Waals surface area (Å²) >= 11 is 0. The molecular formula is C63H37N5O2. The number of fused-ring (bicyclic) bond motifs is 10. The van der Waals surface area contributed by atoms with Gasteiger partial charge in [0, 0.05) is 43.7 Å². The number of hydrogen-bond donors (Lipinski definition) is 0. The van der Waals surface area contributed by atoms with Gasteiger partial charge in [-0.15, -0.1) is 0 Å². The number of carbonyl (C=O) groups is 2. The largest absolute Gasteiger partial charge is 0.309 e. The Balaban J connectivity index is 0.976. The normalized spacial score (nSPS) is 12.6. The van der Waals surface area contributed by atoms with Crippen molar-refractivity contribution in [1.29, 1.82) is 5.26 Å². The van der Waals surface area contributed by atoms with Gasteiger partial charge in [-0.05, 0) is 144 Å². The van der Waals surface area contributed by atoms with Gasteiger partial charge < -0.3 is 13.7 Å². The maximum Gasteiger partial charge on any atom is 0.266 e. The first kappa shape index (κ1) is 39.4. The van der Waals surface area contributed by atoms with Gasteiger partial charge in [-0.3, -0.25) is 9.59 Å². The third kappa shape index (κ3) is 5.74. The Hall–Kier alpha value is -9.77. The predicted octanol–water partition coefficient (Wildman–Crippen LogP) is 15.0. The molecule has 3 aromatic heterocycles. The zero-order chi connectivity index (χ0) is 46.6. The molecule has 0 fully saturated rings. The van der Waals surface area contributed by atoms with Crippen LogP contribution in [0.3, 0.4) is 0 Å². The number of amides is 2. The summed E-state index contributed by atoms with van der Waals surface area (Å²) < 4.78 is 6.79. The fraction of sp³-hybridized carbons (Fsp3) is 0. The number of benzene rings is 10. The van der Waals surface area contributed by atoms with Gasteiger partial charge in [0.05, 0.1) is 67.2 Å². The summed E-state index contributed by atoms with van der Waals surface area (Å²) in [6.45, 7) is 0. The first-order valence-electron chi connectivity index (χ1n) is 23.3. The lowest BCUT2D eigenvalue weighted by atomic mass is 9.98. The molecule has 14 rings (SSSR count). The van der Waals surface area contributed by atoms with Crippen molar-refractivity contribution in [1.82, 2.24) is 13.7 Å². The molecule has 0 saturated carbocycles. The van der Waals surface area contributed by atoms with Crippen LogP contribution in [0.15, 0.2) is 224 Å². The highest BCUT2D eigenvalue weighted by Gasteiger charge is 2.38. The highest BCUT2D eigenvalue weighted by molar-refractivity contribution is 6.35. The van der Waals surface area contributed by atoms with Gasteiger partial charge >= 0.3 is 0 Å². The van der Waals surface area contributed by atoms with E-state index in [4.69, 9.17) is 0 Å². The van der Waals surface area contributed by atoms with Crippen molar-refractivity contribution < 1.29 is 9.59 Å². The van der Waals surface area contributed by atoms with Crippen LogP contribution in [0.2, 0.25) is 0 Å². The molecule has 0 bridgehead atoms. The summed E-state index contributed by atoms with van der Waals surface area (Å²) in [5, 5.41) is 16.2. The van der Waals surface area contributed by atoms with Crippen LogP contribution in [0, 0.1) is 11.3 Å². The van der Waals surface area contributed by atoms with E-state index in [9.17, 15) is 14.9 Å². The van der Waals surface area contributed by atoms with Gasteiger partial charge in [-0.1, -0.05) is 103 Å². The number of nitrogens with zero attached hydrogens (tertiary/aromatic N) is 5. The maximum absolute atomic E-state index is 14.1. The molecule has 10 aromatic carbocycles. The lowest BCUT2D eigenvalue weighted by Gasteiger charge is -2.20. The molecule has 70 heavy (non-hydrogen) atoms. The van der Waals surface area contributed by atoms with Gasteiger partial charge in [0.15, 0.2) is 0 Å². The first-order chi connectivity index (χ1) is 34.5. The molecule has 7 heteroatoms. The Morgan fingerprint density at radius 3 is 1.17 bits per heavy atom. The summed E-state index contributed by atoms with van der Waals surface area (Å²) in [7, 11) is 0. The molecule has 0 atom stereocenters. The number of carbonyl (C=O) groups excluding carboxylic acids is 2. The maximum atomic E-state index is 14.1. The summed E-state index contributed by atoms with van der Waals surface area (Å²) in [6, 6.07) is 78.9. The van der Waals surface area contributed by atoms with Gasteiger partial charge in [-0.25, -0.2) is 4.90 Å². The summed E-state index contributed by atoms with van der Waals surface area (Å²) in [4.78, 5) is 29.5. The Kier molecular flexibility index (Phi) is 8.51. The smallest absolute Gasteiger partial charge is 0.266 e. The van der Waals surface area contributed by atoms with Crippen molar-refractivity contribution in [3.63, 3.8) is 0 Å². The van der Waals surface area contributed by atoms with Crippen molar-refractivity contribution in [2.45, 2.75) is 0 Å². The van der Waals surface area contributed by atoms with E-state index in [-0.39, 0.29) is 11.8 Å². The Morgan fingerprint density at radius 1 is 0.314 bits per heavy atom. The van der Waals surface area contributed by atoms with Crippen LogP contribution in [0.1, 0.15) is 26.3 Å². The predicted molar refractivity (Wildman–Crippen MR) is 283 cm³/mol. The molecule has 0 unspecified atom stereocenters. The average molecular weight is 896 g/mol. The number of imide groups is 1. The van der Waals surface area contributed by atoms with E-state index in [2.05, 4.69) is 165 Å². The summed E-state index contributed by atoms with van der Waals surface area (Å²) in [6.07, 6.45) is 0. The van der Waals surface area contributed by atoms with E-state index >= 15 is 0 Å². The standard InChI is InChI=1S/C63H37N5O2/c64-38-39-22-28-45(29-23-39)66-55-19-9-7-15-47(55)51-35-41(25-31-57(51)66)43-27-33-59-53(37-43)52-36-42(40-24-30-56-50(34-40)46-14-6-8-18-54(46)65(56)44-12-2-1-3-13-44)26-32-58(52)67(59)60-20-10-11-21-61(60)68-62(69)48-16-4-5-17-49(48)63(68)70/h1-37H. The lowest BCUT2D eigenvalue weighted by Crippen LogP contribution is -2.30. The van der Waals surface area contributed by atoms with E-state index in [1.165, 1.54) is 15.7 Å². The van der Waals surface area contributed by atoms with Crippen LogP contribution in [-0.4, -0.2) is 25.5 Å². The van der Waals surface area contributed by atoms with Crippen LogP contribution >= 0.6 is 0 Å². The molecule has 2 amide bonds. The van der Waals surface area contributed by atoms with Crippen LogP contribution in [0.25, 0.3) is 105 Å². The number of rotatable bonds is 6. The van der Waals surface area contributed by atoms with Crippen molar-refractivity contribution in [2.24, 2.45) is 0 Å². The summed E-state index contributed by atoms with van der Waals surface area (Å²) in [5.41, 5.74) is 15.4. The second-order valence-corrected chi connectivity index (χ2v) is 17.9. The quantitative estimate of drug-likeness (QED) is 0.156. The SMILES string of the molecule is N#Cc1ccc(-n2c3ccccc3c3cc(-c4ccc5c(c4)c4cc(-c6ccc7c(c6)c6ccccc6n7-c6ccccc6)ccc4n5-c4ccccc4N4C(=O)c5ccccc5C4=O)ccc32)cc1. The number of aromatic nitrogens is 3. The Bertz CT molecular complexity index is 4380. The highest BCUT2D eigenvalue weighted by atomic mass is 16.2. The second-order valence-electron chi connectivity index (χ2n) is 17.9. The topological polar surface area (TPSA) is 76.0 Å². The number of nitriles is 1. The molecule has 1 aliphatic heterocycles. The van der Waals surface area contributed by atoms with Crippen LogP contribution < -0.4 is 4.90 Å². The Morgan fingerprint density at radius 2 is 0.686 bits per heavy atom. The molecular weight excluding hydrogens is 859 g/mol. The minimum absolute atomic E-state index is 0.335. The van der Waals surface area contributed by atoms with Crippen LogP contribution in [0.5, 0.6) is 0 Å². The molecule has 13 aromatic rings. The average Bonchev–Trinajstić information content (AvgIpc) is 4.12. The molecule has 7 nitrogen and oxygen atoms in total. The van der Waals surface area contributed by atoms with Gasteiger partial charge in [0.1, 0.15) is 0 Å². The Labute approximate surface area is 401 Å². The molecule has 4 heterocycles. The molecule has 326 valence electrons. The fourth-order valence-corrected chi connectivity index (χ4v) is 11.0.